The highest BCUT2D eigenvalue weighted by Crippen LogP contribution is 2.25. The van der Waals surface area contributed by atoms with Crippen LogP contribution in [-0.4, -0.2) is 48.3 Å². The van der Waals surface area contributed by atoms with Gasteiger partial charge in [-0.3, -0.25) is 4.79 Å². The minimum absolute atomic E-state index is 0.169. The van der Waals surface area contributed by atoms with Crippen LogP contribution in [0.25, 0.3) is 10.2 Å². The molecule has 0 unspecified atom stereocenters. The molecule has 1 saturated heterocycles. The summed E-state index contributed by atoms with van der Waals surface area (Å²) in [6, 6.07) is 14.2. The summed E-state index contributed by atoms with van der Waals surface area (Å²) in [7, 11) is -3.59. The molecule has 170 valence electrons. The Morgan fingerprint density at radius 3 is 2.53 bits per heavy atom. The van der Waals surface area contributed by atoms with Gasteiger partial charge < -0.3 is 4.57 Å². The number of sulfonamides is 1. The molecule has 0 aliphatic carbocycles. The van der Waals surface area contributed by atoms with Gasteiger partial charge in [0.1, 0.15) is 0 Å². The first-order chi connectivity index (χ1) is 15.4. The van der Waals surface area contributed by atoms with Gasteiger partial charge in [0.25, 0.3) is 5.91 Å². The van der Waals surface area contributed by atoms with Crippen molar-refractivity contribution in [1.29, 1.82) is 0 Å². The zero-order chi connectivity index (χ0) is 22.7. The maximum atomic E-state index is 13.0. The van der Waals surface area contributed by atoms with Gasteiger partial charge in [-0.15, -0.1) is 0 Å². The number of carbonyl (C=O) groups excluding carboxylic acids is 1. The molecule has 1 amide bonds. The van der Waals surface area contributed by atoms with E-state index in [4.69, 9.17) is 11.6 Å². The van der Waals surface area contributed by atoms with Crippen molar-refractivity contribution in [2.75, 3.05) is 25.1 Å². The number of thioether (sulfide) groups is 1. The maximum absolute atomic E-state index is 13.0. The largest absolute Gasteiger partial charge is 0.316 e. The van der Waals surface area contributed by atoms with Crippen molar-refractivity contribution >= 4 is 60.8 Å². The molecular formula is C22H24ClN3O3S3. The van der Waals surface area contributed by atoms with Crippen LogP contribution in [0.3, 0.4) is 0 Å². The van der Waals surface area contributed by atoms with Crippen molar-refractivity contribution in [2.24, 2.45) is 10.9 Å². The standard InChI is InChI=1S/C22H24ClN3O3S3/c1-30-15-14-26-19-4-2-3-5-20(19)31-22(26)24-21(27)16-10-12-25(13-11-16)32(28,29)18-8-6-17(23)7-9-18/h2-9,16H,10-15H2,1H3. The number of fused-ring (bicyclic) bond motifs is 1. The third kappa shape index (κ3) is 4.97. The number of piperidine rings is 1. The Labute approximate surface area is 201 Å². The van der Waals surface area contributed by atoms with Gasteiger partial charge in [-0.05, 0) is 55.5 Å². The van der Waals surface area contributed by atoms with Crippen molar-refractivity contribution < 1.29 is 13.2 Å². The van der Waals surface area contributed by atoms with E-state index in [2.05, 4.69) is 21.9 Å². The number of rotatable bonds is 6. The smallest absolute Gasteiger partial charge is 0.251 e. The number of halogens is 1. The molecule has 3 aromatic rings. The second kappa shape index (κ2) is 10.1. The number of hydrogen-bond acceptors (Lipinski definition) is 5. The first kappa shape index (κ1) is 23.5. The lowest BCUT2D eigenvalue weighted by Gasteiger charge is -2.29. The Morgan fingerprint density at radius 2 is 1.84 bits per heavy atom. The molecule has 2 aromatic carbocycles. The molecule has 0 atom stereocenters. The summed E-state index contributed by atoms with van der Waals surface area (Å²) in [6.45, 7) is 1.39. The van der Waals surface area contributed by atoms with Crippen LogP contribution >= 0.6 is 34.7 Å². The molecule has 0 N–H and O–H groups in total. The molecule has 2 heterocycles. The lowest BCUT2D eigenvalue weighted by atomic mass is 9.98. The van der Waals surface area contributed by atoms with Gasteiger partial charge in [0.2, 0.25) is 10.0 Å². The Morgan fingerprint density at radius 1 is 1.16 bits per heavy atom. The van der Waals surface area contributed by atoms with E-state index in [0.29, 0.717) is 35.8 Å². The summed E-state index contributed by atoms with van der Waals surface area (Å²) in [6.07, 6.45) is 2.98. The zero-order valence-electron chi connectivity index (χ0n) is 17.6. The van der Waals surface area contributed by atoms with Gasteiger partial charge in [0.05, 0.1) is 15.1 Å². The number of para-hydroxylation sites is 1. The summed E-state index contributed by atoms with van der Waals surface area (Å²) in [4.78, 5) is 18.4. The summed E-state index contributed by atoms with van der Waals surface area (Å²) >= 11 is 9.15. The number of amides is 1. The zero-order valence-corrected chi connectivity index (χ0v) is 20.8. The van der Waals surface area contributed by atoms with Crippen molar-refractivity contribution in [2.45, 2.75) is 24.3 Å². The molecule has 1 aromatic heterocycles. The molecule has 1 aliphatic heterocycles. The Bertz CT molecular complexity index is 1270. The minimum Gasteiger partial charge on any atom is -0.316 e. The Balaban J connectivity index is 1.50. The van der Waals surface area contributed by atoms with Gasteiger partial charge >= 0.3 is 0 Å². The number of hydrogen-bond donors (Lipinski definition) is 0. The maximum Gasteiger partial charge on any atom is 0.251 e. The van der Waals surface area contributed by atoms with Crippen LogP contribution in [0.2, 0.25) is 5.02 Å². The fraction of sp³-hybridized carbons (Fsp3) is 0.364. The van der Waals surface area contributed by atoms with Crippen LogP contribution in [0, 0.1) is 5.92 Å². The van der Waals surface area contributed by atoms with Crippen molar-refractivity contribution in [1.82, 2.24) is 8.87 Å². The van der Waals surface area contributed by atoms with Gasteiger partial charge in [0.15, 0.2) is 4.80 Å². The number of benzene rings is 2. The van der Waals surface area contributed by atoms with Crippen LogP contribution < -0.4 is 4.80 Å². The molecular weight excluding hydrogens is 486 g/mol. The first-order valence-corrected chi connectivity index (χ1v) is 14.3. The lowest BCUT2D eigenvalue weighted by Crippen LogP contribution is -2.40. The van der Waals surface area contributed by atoms with Gasteiger partial charge in [-0.2, -0.15) is 21.1 Å². The first-order valence-electron chi connectivity index (χ1n) is 10.3. The van der Waals surface area contributed by atoms with Crippen molar-refractivity contribution in [3.63, 3.8) is 0 Å². The van der Waals surface area contributed by atoms with Crippen LogP contribution in [0.4, 0.5) is 0 Å². The third-order valence-corrected chi connectivity index (χ3v) is 9.38. The lowest BCUT2D eigenvalue weighted by molar-refractivity contribution is -0.122. The monoisotopic (exact) mass is 509 g/mol. The topological polar surface area (TPSA) is 71.7 Å². The molecule has 1 fully saturated rings. The summed E-state index contributed by atoms with van der Waals surface area (Å²) in [5, 5.41) is 0.492. The van der Waals surface area contributed by atoms with Crippen molar-refractivity contribution in [3.05, 3.63) is 58.4 Å². The second-order valence-electron chi connectivity index (χ2n) is 7.58. The summed E-state index contributed by atoms with van der Waals surface area (Å²) in [5.41, 5.74) is 1.09. The fourth-order valence-electron chi connectivity index (χ4n) is 3.79. The summed E-state index contributed by atoms with van der Waals surface area (Å²) < 4.78 is 30.4. The SMILES string of the molecule is CSCCn1c(=NC(=O)C2CCN(S(=O)(=O)c3ccc(Cl)cc3)CC2)sc2ccccc21. The van der Waals surface area contributed by atoms with E-state index >= 15 is 0 Å². The van der Waals surface area contributed by atoms with Gasteiger partial charge in [-0.1, -0.05) is 35.1 Å². The van der Waals surface area contributed by atoms with E-state index < -0.39 is 10.0 Å². The van der Waals surface area contributed by atoms with Crippen molar-refractivity contribution in [3.8, 4) is 0 Å². The van der Waals surface area contributed by atoms with Crippen LogP contribution in [-0.2, 0) is 21.4 Å². The molecule has 32 heavy (non-hydrogen) atoms. The predicted octanol–water partition coefficient (Wildman–Crippen LogP) is 4.25. The van der Waals surface area contributed by atoms with Crippen LogP contribution in [0.1, 0.15) is 12.8 Å². The average molecular weight is 510 g/mol. The molecule has 4 rings (SSSR count). The molecule has 0 radical (unpaired) electrons. The molecule has 0 saturated carbocycles. The Kier molecular flexibility index (Phi) is 7.41. The highest BCUT2D eigenvalue weighted by atomic mass is 35.5. The number of nitrogens with zero attached hydrogens (tertiary/aromatic N) is 3. The minimum atomic E-state index is -3.59. The average Bonchev–Trinajstić information content (AvgIpc) is 3.14. The number of thiazole rings is 1. The second-order valence-corrected chi connectivity index (χ2v) is 11.9. The highest BCUT2D eigenvalue weighted by molar-refractivity contribution is 7.98. The van der Waals surface area contributed by atoms with E-state index in [-0.39, 0.29) is 16.7 Å². The van der Waals surface area contributed by atoms with E-state index in [9.17, 15) is 13.2 Å². The summed E-state index contributed by atoms with van der Waals surface area (Å²) in [5.74, 6) is 0.493. The quantitative estimate of drug-likeness (QED) is 0.498. The molecule has 6 nitrogen and oxygen atoms in total. The van der Waals surface area contributed by atoms with Crippen LogP contribution in [0.5, 0.6) is 0 Å². The van der Waals surface area contributed by atoms with Gasteiger partial charge in [0, 0.05) is 36.3 Å². The highest BCUT2D eigenvalue weighted by Gasteiger charge is 2.32. The van der Waals surface area contributed by atoms with E-state index in [1.807, 2.05) is 18.2 Å². The third-order valence-electron chi connectivity index (χ3n) is 5.57. The normalized spacial score (nSPS) is 16.6. The van der Waals surface area contributed by atoms with Gasteiger partial charge in [-0.25, -0.2) is 8.42 Å². The molecule has 1 aliphatic rings. The number of carbonyl (C=O) groups is 1. The van der Waals surface area contributed by atoms with E-state index in [1.165, 1.54) is 27.8 Å². The molecule has 0 bridgehead atoms. The van der Waals surface area contributed by atoms with E-state index in [1.54, 1.807) is 23.9 Å². The van der Waals surface area contributed by atoms with E-state index in [0.717, 1.165) is 22.5 Å². The fourth-order valence-corrected chi connectivity index (χ4v) is 6.81. The molecule has 0 spiro atoms. The Hall–Kier alpha value is -1.65. The van der Waals surface area contributed by atoms with Crippen LogP contribution in [0.15, 0.2) is 58.4 Å². The number of aromatic nitrogens is 1. The predicted molar refractivity (Wildman–Crippen MR) is 132 cm³/mol. The molecule has 10 heteroatoms. The number of aryl methyl sites for hydroxylation is 1.